The van der Waals surface area contributed by atoms with Gasteiger partial charge in [-0.15, -0.1) is 0 Å². The number of aromatic nitrogens is 2. The van der Waals surface area contributed by atoms with Crippen molar-refractivity contribution in [2.75, 3.05) is 0 Å². The summed E-state index contributed by atoms with van der Waals surface area (Å²) >= 11 is 1.52. The summed E-state index contributed by atoms with van der Waals surface area (Å²) in [7, 11) is 1.92. The fourth-order valence-electron chi connectivity index (χ4n) is 1.55. The minimum absolute atomic E-state index is 0.00163. The molecule has 0 radical (unpaired) electrons. The molecule has 0 atom stereocenters. The number of imidazole rings is 1. The van der Waals surface area contributed by atoms with Gasteiger partial charge in [-0.05, 0) is 25.1 Å². The highest BCUT2D eigenvalue weighted by atomic mass is 32.2. The van der Waals surface area contributed by atoms with Crippen LogP contribution in [0.25, 0.3) is 0 Å². The van der Waals surface area contributed by atoms with E-state index in [1.807, 2.05) is 17.8 Å². The number of benzene rings is 1. The smallest absolute Gasteiger partial charge is 0.167 e. The number of phenolic OH excluding ortho intramolecular Hbond substituents is 1. The molecular formula is C13H14N2O2S. The highest BCUT2D eigenvalue weighted by Gasteiger charge is 2.08. The van der Waals surface area contributed by atoms with Crippen LogP contribution < -0.4 is 0 Å². The number of carbonyl (C=O) groups is 1. The molecule has 0 bridgehead atoms. The van der Waals surface area contributed by atoms with Crippen LogP contribution in [-0.4, -0.2) is 20.4 Å². The number of aryl methyl sites for hydroxylation is 1. The number of rotatable bonds is 4. The summed E-state index contributed by atoms with van der Waals surface area (Å²) in [5, 5.41) is 10.6. The molecule has 1 aromatic heterocycles. The zero-order chi connectivity index (χ0) is 13.1. The van der Waals surface area contributed by atoms with Gasteiger partial charge in [0.2, 0.25) is 0 Å². The van der Waals surface area contributed by atoms with Crippen LogP contribution in [0.2, 0.25) is 0 Å². The highest BCUT2D eigenvalue weighted by Crippen LogP contribution is 2.27. The first-order valence-corrected chi connectivity index (χ1v) is 6.49. The third kappa shape index (κ3) is 2.73. The molecule has 4 nitrogen and oxygen atoms in total. The number of thioether (sulfide) groups is 1. The Labute approximate surface area is 110 Å². The molecule has 0 aliphatic carbocycles. The van der Waals surface area contributed by atoms with E-state index in [9.17, 15) is 9.90 Å². The second kappa shape index (κ2) is 5.27. The Bertz CT molecular complexity index is 578. The van der Waals surface area contributed by atoms with Crippen molar-refractivity contribution in [1.29, 1.82) is 0 Å². The van der Waals surface area contributed by atoms with Crippen LogP contribution in [0.1, 0.15) is 22.8 Å². The van der Waals surface area contributed by atoms with E-state index >= 15 is 0 Å². The van der Waals surface area contributed by atoms with Gasteiger partial charge in [-0.2, -0.15) is 0 Å². The van der Waals surface area contributed by atoms with Crippen LogP contribution >= 0.6 is 11.8 Å². The molecule has 0 saturated carbocycles. The minimum Gasteiger partial charge on any atom is -0.508 e. The number of Topliss-reactive ketones (excluding diaryl/α,β-unsaturated/α-hetero) is 1. The topological polar surface area (TPSA) is 55.1 Å². The Balaban J connectivity index is 2.16. The summed E-state index contributed by atoms with van der Waals surface area (Å²) in [6, 6.07) is 4.92. The predicted molar refractivity (Wildman–Crippen MR) is 70.9 cm³/mol. The number of carbonyl (C=O) groups excluding carboxylic acids is 1. The zero-order valence-electron chi connectivity index (χ0n) is 10.3. The first kappa shape index (κ1) is 12.7. The Morgan fingerprint density at radius 2 is 2.28 bits per heavy atom. The van der Waals surface area contributed by atoms with E-state index in [4.69, 9.17) is 0 Å². The van der Waals surface area contributed by atoms with Crippen LogP contribution in [0, 0.1) is 0 Å². The zero-order valence-corrected chi connectivity index (χ0v) is 11.1. The monoisotopic (exact) mass is 262 g/mol. The van der Waals surface area contributed by atoms with E-state index in [1.54, 1.807) is 24.4 Å². The number of phenols is 1. The van der Waals surface area contributed by atoms with Gasteiger partial charge in [-0.3, -0.25) is 4.79 Å². The fraction of sp³-hybridized carbons (Fsp3) is 0.231. The van der Waals surface area contributed by atoms with E-state index in [0.717, 1.165) is 10.7 Å². The molecule has 0 aliphatic rings. The standard InChI is InChI=1S/C13H14N2O2S/c1-9(16)10-3-4-12(17)11(7-10)8-18-13-14-5-6-15(13)2/h3-7,17H,8H2,1-2H3. The maximum Gasteiger partial charge on any atom is 0.167 e. The molecule has 0 fully saturated rings. The lowest BCUT2D eigenvalue weighted by Crippen LogP contribution is -1.95. The summed E-state index contributed by atoms with van der Waals surface area (Å²) in [5.41, 5.74) is 1.36. The van der Waals surface area contributed by atoms with Crippen molar-refractivity contribution >= 4 is 17.5 Å². The van der Waals surface area contributed by atoms with E-state index in [0.29, 0.717) is 11.3 Å². The first-order chi connectivity index (χ1) is 8.58. The Kier molecular flexibility index (Phi) is 3.72. The Hall–Kier alpha value is -1.75. The molecule has 1 aromatic carbocycles. The fourth-order valence-corrected chi connectivity index (χ4v) is 2.47. The van der Waals surface area contributed by atoms with Crippen LogP contribution in [0.15, 0.2) is 35.7 Å². The normalized spacial score (nSPS) is 10.6. The predicted octanol–water partition coefficient (Wildman–Crippen LogP) is 2.62. The van der Waals surface area contributed by atoms with Gasteiger partial charge >= 0.3 is 0 Å². The average Bonchev–Trinajstić information content (AvgIpc) is 2.73. The molecule has 1 N–H and O–H groups in total. The lowest BCUT2D eigenvalue weighted by molar-refractivity contribution is 0.101. The molecule has 1 heterocycles. The second-order valence-electron chi connectivity index (χ2n) is 4.01. The number of ketones is 1. The molecule has 2 rings (SSSR count). The summed E-state index contributed by atoms with van der Waals surface area (Å²) in [5.74, 6) is 0.789. The minimum atomic E-state index is -0.00163. The van der Waals surface area contributed by atoms with Gasteiger partial charge in [-0.1, -0.05) is 11.8 Å². The van der Waals surface area contributed by atoms with E-state index < -0.39 is 0 Å². The summed E-state index contributed by atoms with van der Waals surface area (Å²) in [6.07, 6.45) is 3.60. The van der Waals surface area contributed by atoms with Crippen molar-refractivity contribution in [2.45, 2.75) is 17.8 Å². The van der Waals surface area contributed by atoms with Gasteiger partial charge in [0.15, 0.2) is 10.9 Å². The maximum absolute atomic E-state index is 11.3. The third-order valence-corrected chi connectivity index (χ3v) is 3.73. The van der Waals surface area contributed by atoms with Gasteiger partial charge in [0.05, 0.1) is 0 Å². The van der Waals surface area contributed by atoms with Crippen molar-refractivity contribution in [2.24, 2.45) is 7.05 Å². The van der Waals surface area contributed by atoms with Crippen molar-refractivity contribution in [3.05, 3.63) is 41.7 Å². The number of hydrogen-bond donors (Lipinski definition) is 1. The molecule has 94 valence electrons. The van der Waals surface area contributed by atoms with Crippen LogP contribution in [0.5, 0.6) is 5.75 Å². The molecule has 0 saturated heterocycles. The molecule has 18 heavy (non-hydrogen) atoms. The summed E-state index contributed by atoms with van der Waals surface area (Å²) in [4.78, 5) is 15.5. The summed E-state index contributed by atoms with van der Waals surface area (Å²) < 4.78 is 1.91. The van der Waals surface area contributed by atoms with Crippen molar-refractivity contribution in [3.63, 3.8) is 0 Å². The lowest BCUT2D eigenvalue weighted by atomic mass is 10.1. The van der Waals surface area contributed by atoms with Crippen LogP contribution in [0.4, 0.5) is 0 Å². The largest absolute Gasteiger partial charge is 0.508 e. The quantitative estimate of drug-likeness (QED) is 0.679. The van der Waals surface area contributed by atoms with E-state index in [2.05, 4.69) is 4.98 Å². The maximum atomic E-state index is 11.3. The number of aromatic hydroxyl groups is 1. The van der Waals surface area contributed by atoms with Gasteiger partial charge in [0.25, 0.3) is 0 Å². The SMILES string of the molecule is CC(=O)c1ccc(O)c(CSc2nccn2C)c1. The van der Waals surface area contributed by atoms with Gasteiger partial charge in [-0.25, -0.2) is 4.98 Å². The molecule has 2 aromatic rings. The Morgan fingerprint density at radius 3 is 2.89 bits per heavy atom. The van der Waals surface area contributed by atoms with Crippen molar-refractivity contribution in [1.82, 2.24) is 9.55 Å². The summed E-state index contributed by atoms with van der Waals surface area (Å²) in [6.45, 7) is 1.52. The molecule has 0 amide bonds. The second-order valence-corrected chi connectivity index (χ2v) is 4.95. The number of hydrogen-bond acceptors (Lipinski definition) is 4. The molecule has 0 unspecified atom stereocenters. The third-order valence-electron chi connectivity index (χ3n) is 2.62. The first-order valence-electron chi connectivity index (χ1n) is 5.51. The molecular weight excluding hydrogens is 248 g/mol. The van der Waals surface area contributed by atoms with Gasteiger partial charge < -0.3 is 9.67 Å². The lowest BCUT2D eigenvalue weighted by Gasteiger charge is -2.06. The van der Waals surface area contributed by atoms with Crippen molar-refractivity contribution < 1.29 is 9.90 Å². The van der Waals surface area contributed by atoms with Gasteiger partial charge in [0, 0.05) is 36.3 Å². The average molecular weight is 262 g/mol. The van der Waals surface area contributed by atoms with Crippen molar-refractivity contribution in [3.8, 4) is 5.75 Å². The van der Waals surface area contributed by atoms with Crippen LogP contribution in [0.3, 0.4) is 0 Å². The van der Waals surface area contributed by atoms with E-state index in [-0.39, 0.29) is 11.5 Å². The molecule has 0 spiro atoms. The van der Waals surface area contributed by atoms with Gasteiger partial charge in [0.1, 0.15) is 5.75 Å². The molecule has 5 heteroatoms. The number of nitrogens with zero attached hydrogens (tertiary/aromatic N) is 2. The highest BCUT2D eigenvalue weighted by molar-refractivity contribution is 7.98. The van der Waals surface area contributed by atoms with Crippen LogP contribution in [-0.2, 0) is 12.8 Å². The van der Waals surface area contributed by atoms with E-state index in [1.165, 1.54) is 18.7 Å². The molecule has 0 aliphatic heterocycles. The Morgan fingerprint density at radius 1 is 1.50 bits per heavy atom.